The zero-order valence-corrected chi connectivity index (χ0v) is 16.3. The lowest BCUT2D eigenvalue weighted by atomic mass is 9.84. The monoisotopic (exact) mass is 387 g/mol. The van der Waals surface area contributed by atoms with Gasteiger partial charge in [-0.05, 0) is 56.0 Å². The number of carbonyl (C=O) groups is 1. The minimum absolute atomic E-state index is 0.0455. The van der Waals surface area contributed by atoms with E-state index in [1.54, 1.807) is 0 Å². The van der Waals surface area contributed by atoms with Gasteiger partial charge in [-0.15, -0.1) is 11.3 Å². The summed E-state index contributed by atoms with van der Waals surface area (Å²) in [4.78, 5) is 17.0. The number of hydrogen-bond acceptors (Lipinski definition) is 6. The lowest BCUT2D eigenvalue weighted by Crippen LogP contribution is -2.32. The number of nitrogens with zero attached hydrogens (tertiary/aromatic N) is 1. The molecule has 2 N–H and O–H groups in total. The van der Waals surface area contributed by atoms with Crippen molar-refractivity contribution in [1.82, 2.24) is 10.3 Å². The van der Waals surface area contributed by atoms with Gasteiger partial charge in [0.25, 0.3) is 0 Å². The molecule has 1 atom stereocenters. The molecule has 2 aromatic rings. The first-order chi connectivity index (χ1) is 13.2. The van der Waals surface area contributed by atoms with Crippen molar-refractivity contribution in [2.24, 2.45) is 11.8 Å². The molecule has 1 amide bonds. The van der Waals surface area contributed by atoms with Crippen LogP contribution in [0.3, 0.4) is 0 Å². The molecule has 0 spiro atoms. The molecular formula is C20H25N3O3S. The Morgan fingerprint density at radius 1 is 1.30 bits per heavy atom. The quantitative estimate of drug-likeness (QED) is 0.821. The number of thiazole rings is 1. The number of anilines is 1. The van der Waals surface area contributed by atoms with Crippen molar-refractivity contribution in [3.8, 4) is 22.8 Å². The second kappa shape index (κ2) is 8.27. The second-order valence-corrected chi connectivity index (χ2v) is 8.07. The van der Waals surface area contributed by atoms with Crippen molar-refractivity contribution in [3.05, 3.63) is 23.6 Å². The van der Waals surface area contributed by atoms with E-state index in [0.29, 0.717) is 36.6 Å². The summed E-state index contributed by atoms with van der Waals surface area (Å²) in [5, 5.41) is 8.93. The molecule has 6 nitrogen and oxygen atoms in total. The number of benzene rings is 1. The number of amides is 1. The molecule has 7 heteroatoms. The van der Waals surface area contributed by atoms with Crippen LogP contribution in [0.15, 0.2) is 23.6 Å². The highest BCUT2D eigenvalue weighted by molar-refractivity contribution is 7.14. The van der Waals surface area contributed by atoms with Gasteiger partial charge in [-0.3, -0.25) is 4.79 Å². The van der Waals surface area contributed by atoms with E-state index >= 15 is 0 Å². The van der Waals surface area contributed by atoms with E-state index in [2.05, 4.69) is 22.5 Å². The van der Waals surface area contributed by atoms with Crippen molar-refractivity contribution in [1.29, 1.82) is 0 Å². The zero-order valence-electron chi connectivity index (χ0n) is 15.5. The average molecular weight is 388 g/mol. The highest BCUT2D eigenvalue weighted by Crippen LogP contribution is 2.35. The Morgan fingerprint density at radius 3 is 2.89 bits per heavy atom. The predicted octanol–water partition coefficient (Wildman–Crippen LogP) is 3.55. The summed E-state index contributed by atoms with van der Waals surface area (Å²) in [6.07, 6.45) is 2.85. The van der Waals surface area contributed by atoms with E-state index in [9.17, 15) is 4.79 Å². The molecule has 1 aromatic heterocycles. The van der Waals surface area contributed by atoms with Gasteiger partial charge >= 0.3 is 0 Å². The largest absolute Gasteiger partial charge is 0.486 e. The predicted molar refractivity (Wildman–Crippen MR) is 107 cm³/mol. The Balaban J connectivity index is 1.37. The fourth-order valence-corrected chi connectivity index (χ4v) is 4.44. The molecule has 3 heterocycles. The van der Waals surface area contributed by atoms with Crippen LogP contribution in [0.4, 0.5) is 5.13 Å². The highest BCUT2D eigenvalue weighted by Gasteiger charge is 2.22. The molecule has 1 unspecified atom stereocenters. The fourth-order valence-electron chi connectivity index (χ4n) is 3.71. The molecule has 0 radical (unpaired) electrons. The molecular weight excluding hydrogens is 362 g/mol. The maximum absolute atomic E-state index is 12.4. The van der Waals surface area contributed by atoms with Crippen molar-refractivity contribution >= 4 is 22.4 Å². The van der Waals surface area contributed by atoms with Crippen LogP contribution in [-0.2, 0) is 4.79 Å². The van der Waals surface area contributed by atoms with E-state index in [1.165, 1.54) is 11.3 Å². The van der Waals surface area contributed by atoms with Gasteiger partial charge in [0, 0.05) is 17.4 Å². The summed E-state index contributed by atoms with van der Waals surface area (Å²) >= 11 is 1.45. The molecule has 1 fully saturated rings. The van der Waals surface area contributed by atoms with Gasteiger partial charge in [0.2, 0.25) is 5.91 Å². The van der Waals surface area contributed by atoms with Crippen molar-refractivity contribution < 1.29 is 14.3 Å². The maximum atomic E-state index is 12.4. The third-order valence-corrected chi connectivity index (χ3v) is 6.04. The number of fused-ring (bicyclic) bond motifs is 1. The standard InChI is InChI=1S/C20H25N3O3S/c1-13(14-4-6-21-7-5-14)10-19(24)23-20-22-16(12-27-20)15-2-3-17-18(11-15)26-9-8-25-17/h2-3,11-14,21H,4-10H2,1H3,(H,22,23,24). The molecule has 4 rings (SSSR count). The number of ether oxygens (including phenoxy) is 2. The van der Waals surface area contributed by atoms with Crippen LogP contribution >= 0.6 is 11.3 Å². The van der Waals surface area contributed by atoms with Crippen LogP contribution in [0.1, 0.15) is 26.2 Å². The van der Waals surface area contributed by atoms with Gasteiger partial charge in [0.1, 0.15) is 13.2 Å². The van der Waals surface area contributed by atoms with Crippen molar-refractivity contribution in [3.63, 3.8) is 0 Å². The Hall–Kier alpha value is -2.12. The molecule has 27 heavy (non-hydrogen) atoms. The number of hydrogen-bond donors (Lipinski definition) is 2. The molecule has 0 bridgehead atoms. The van der Waals surface area contributed by atoms with Gasteiger partial charge in [0.05, 0.1) is 5.69 Å². The molecule has 2 aliphatic heterocycles. The topological polar surface area (TPSA) is 72.5 Å². The summed E-state index contributed by atoms with van der Waals surface area (Å²) in [6.45, 7) is 5.43. The number of rotatable bonds is 5. The highest BCUT2D eigenvalue weighted by atomic mass is 32.1. The van der Waals surface area contributed by atoms with Gasteiger partial charge < -0.3 is 20.1 Å². The lowest BCUT2D eigenvalue weighted by molar-refractivity contribution is -0.117. The van der Waals surface area contributed by atoms with E-state index < -0.39 is 0 Å². The third kappa shape index (κ3) is 4.42. The summed E-state index contributed by atoms with van der Waals surface area (Å²) in [7, 11) is 0. The van der Waals surface area contributed by atoms with Crippen LogP contribution in [0.25, 0.3) is 11.3 Å². The van der Waals surface area contributed by atoms with E-state index in [0.717, 1.165) is 48.7 Å². The summed E-state index contributed by atoms with van der Waals surface area (Å²) in [5.41, 5.74) is 1.79. The first-order valence-corrected chi connectivity index (χ1v) is 10.4. The third-order valence-electron chi connectivity index (χ3n) is 5.28. The minimum Gasteiger partial charge on any atom is -0.486 e. The first-order valence-electron chi connectivity index (χ1n) is 9.55. The smallest absolute Gasteiger partial charge is 0.226 e. The average Bonchev–Trinajstić information content (AvgIpc) is 3.16. The van der Waals surface area contributed by atoms with Gasteiger partial charge in [-0.1, -0.05) is 6.92 Å². The van der Waals surface area contributed by atoms with E-state index in [4.69, 9.17) is 9.47 Å². The molecule has 1 saturated heterocycles. The van der Waals surface area contributed by atoms with Crippen LogP contribution in [0, 0.1) is 11.8 Å². The number of nitrogens with one attached hydrogen (secondary N) is 2. The Kier molecular flexibility index (Phi) is 5.59. The van der Waals surface area contributed by atoms with E-state index in [-0.39, 0.29) is 5.91 Å². The van der Waals surface area contributed by atoms with Crippen LogP contribution in [0.5, 0.6) is 11.5 Å². The van der Waals surface area contributed by atoms with Crippen LogP contribution < -0.4 is 20.1 Å². The van der Waals surface area contributed by atoms with Crippen LogP contribution in [0.2, 0.25) is 0 Å². The second-order valence-electron chi connectivity index (χ2n) is 7.21. The van der Waals surface area contributed by atoms with Crippen molar-refractivity contribution in [2.45, 2.75) is 26.2 Å². The molecule has 144 valence electrons. The minimum atomic E-state index is 0.0455. The molecule has 1 aromatic carbocycles. The summed E-state index contributed by atoms with van der Waals surface area (Å²) in [5.74, 6) is 2.57. The molecule has 0 saturated carbocycles. The van der Waals surface area contributed by atoms with E-state index in [1.807, 2.05) is 23.6 Å². The van der Waals surface area contributed by atoms with Crippen LogP contribution in [-0.4, -0.2) is 37.2 Å². The first kappa shape index (κ1) is 18.3. The number of carbonyl (C=O) groups excluding carboxylic acids is 1. The Bertz CT molecular complexity index is 802. The maximum Gasteiger partial charge on any atom is 0.226 e. The van der Waals surface area contributed by atoms with Crippen molar-refractivity contribution in [2.75, 3.05) is 31.6 Å². The summed E-state index contributed by atoms with van der Waals surface area (Å²) < 4.78 is 11.2. The Labute approximate surface area is 163 Å². The Morgan fingerprint density at radius 2 is 2.07 bits per heavy atom. The summed E-state index contributed by atoms with van der Waals surface area (Å²) in [6, 6.07) is 5.81. The normalized spacial score (nSPS) is 18.1. The lowest BCUT2D eigenvalue weighted by Gasteiger charge is -2.27. The molecule has 2 aliphatic rings. The zero-order chi connectivity index (χ0) is 18.6. The molecule has 0 aliphatic carbocycles. The van der Waals surface area contributed by atoms with Gasteiger partial charge in [-0.2, -0.15) is 0 Å². The number of piperidine rings is 1. The van der Waals surface area contributed by atoms with Gasteiger partial charge in [0.15, 0.2) is 16.6 Å². The SMILES string of the molecule is CC(CC(=O)Nc1nc(-c2ccc3c(c2)OCCO3)cs1)C1CCNCC1. The number of aromatic nitrogens is 1. The fraction of sp³-hybridized carbons (Fsp3) is 0.500. The van der Waals surface area contributed by atoms with Gasteiger partial charge in [-0.25, -0.2) is 4.98 Å².